The number of amides is 2. The van der Waals surface area contributed by atoms with Gasteiger partial charge in [-0.15, -0.1) is 0 Å². The number of nitrogens with one attached hydrogen (secondary N) is 1. The Hall–Kier alpha value is -3.29. The van der Waals surface area contributed by atoms with Gasteiger partial charge in [-0.05, 0) is 37.1 Å². The fraction of sp³-hybridized carbons (Fsp3) is 0.350. The van der Waals surface area contributed by atoms with Crippen LogP contribution >= 0.6 is 0 Å². The van der Waals surface area contributed by atoms with Gasteiger partial charge in [0.25, 0.3) is 11.6 Å². The summed E-state index contributed by atoms with van der Waals surface area (Å²) in [5, 5.41) is 13.7. The van der Waals surface area contributed by atoms with Gasteiger partial charge in [0.05, 0.1) is 4.92 Å². The number of rotatable bonds is 6. The number of benzene rings is 1. The molecule has 3 rings (SSSR count). The summed E-state index contributed by atoms with van der Waals surface area (Å²) in [6, 6.07) is 11.3. The quantitative estimate of drug-likeness (QED) is 0.609. The fourth-order valence-corrected chi connectivity index (χ4v) is 3.26. The smallest absolute Gasteiger partial charge is 0.269 e. The van der Waals surface area contributed by atoms with Gasteiger partial charge in [-0.3, -0.25) is 24.7 Å². The highest BCUT2D eigenvalue weighted by Gasteiger charge is 2.27. The molecule has 1 N–H and O–H groups in total. The largest absolute Gasteiger partial charge is 0.355 e. The maximum Gasteiger partial charge on any atom is 0.269 e. The Kier molecular flexibility index (Phi) is 6.31. The van der Waals surface area contributed by atoms with E-state index in [-0.39, 0.29) is 23.4 Å². The molecule has 2 amide bonds. The zero-order chi connectivity index (χ0) is 19.9. The molecule has 0 bridgehead atoms. The standard InChI is InChI=1S/C20H22N4O4/c25-19(22-12-8-17-3-1-2-11-21-17)15-9-13-23(14-10-15)20(26)16-4-6-18(7-5-16)24(27)28/h1-7,11,15H,8-10,12-14H2,(H,22,25). The molecule has 1 fully saturated rings. The lowest BCUT2D eigenvalue weighted by Gasteiger charge is -2.31. The van der Waals surface area contributed by atoms with Gasteiger partial charge in [0, 0.05) is 61.6 Å². The highest BCUT2D eigenvalue weighted by atomic mass is 16.6. The van der Waals surface area contributed by atoms with Crippen LogP contribution in [-0.2, 0) is 11.2 Å². The number of aromatic nitrogens is 1. The molecule has 1 aliphatic heterocycles. The van der Waals surface area contributed by atoms with Crippen LogP contribution in [0.25, 0.3) is 0 Å². The van der Waals surface area contributed by atoms with Crippen molar-refractivity contribution in [3.8, 4) is 0 Å². The first-order valence-electron chi connectivity index (χ1n) is 9.26. The average molecular weight is 382 g/mol. The maximum absolute atomic E-state index is 12.5. The molecule has 2 aromatic rings. The lowest BCUT2D eigenvalue weighted by atomic mass is 9.95. The molecule has 2 heterocycles. The third kappa shape index (κ3) is 4.91. The first-order valence-corrected chi connectivity index (χ1v) is 9.26. The van der Waals surface area contributed by atoms with E-state index in [0.717, 1.165) is 5.69 Å². The molecular formula is C20H22N4O4. The number of nitro groups is 1. The number of carbonyl (C=O) groups excluding carboxylic acids is 2. The monoisotopic (exact) mass is 382 g/mol. The van der Waals surface area contributed by atoms with E-state index in [1.807, 2.05) is 18.2 Å². The zero-order valence-corrected chi connectivity index (χ0v) is 15.4. The van der Waals surface area contributed by atoms with Crippen LogP contribution in [0.5, 0.6) is 0 Å². The molecule has 0 spiro atoms. The normalized spacial score (nSPS) is 14.5. The van der Waals surface area contributed by atoms with E-state index in [2.05, 4.69) is 10.3 Å². The van der Waals surface area contributed by atoms with Gasteiger partial charge in [0.1, 0.15) is 0 Å². The molecule has 0 radical (unpaired) electrons. The number of pyridine rings is 1. The van der Waals surface area contributed by atoms with E-state index in [9.17, 15) is 19.7 Å². The highest BCUT2D eigenvalue weighted by molar-refractivity contribution is 5.94. The molecule has 1 saturated heterocycles. The molecule has 146 valence electrons. The molecule has 8 nitrogen and oxygen atoms in total. The topological polar surface area (TPSA) is 105 Å². The lowest BCUT2D eigenvalue weighted by Crippen LogP contribution is -2.43. The van der Waals surface area contributed by atoms with E-state index in [1.165, 1.54) is 24.3 Å². The van der Waals surface area contributed by atoms with E-state index >= 15 is 0 Å². The Morgan fingerprint density at radius 2 is 1.86 bits per heavy atom. The van der Waals surface area contributed by atoms with Crippen molar-refractivity contribution in [2.24, 2.45) is 5.92 Å². The predicted octanol–water partition coefficient (Wildman–Crippen LogP) is 2.20. The Bertz CT molecular complexity index is 831. The van der Waals surface area contributed by atoms with Crippen molar-refractivity contribution in [1.29, 1.82) is 0 Å². The lowest BCUT2D eigenvalue weighted by molar-refractivity contribution is -0.384. The van der Waals surface area contributed by atoms with Crippen LogP contribution in [0, 0.1) is 16.0 Å². The van der Waals surface area contributed by atoms with Crippen LogP contribution in [0.4, 0.5) is 5.69 Å². The van der Waals surface area contributed by atoms with Crippen molar-refractivity contribution in [3.05, 3.63) is 70.0 Å². The molecular weight excluding hydrogens is 360 g/mol. The number of hydrogen-bond donors (Lipinski definition) is 1. The van der Waals surface area contributed by atoms with Crippen LogP contribution in [0.3, 0.4) is 0 Å². The first kappa shape index (κ1) is 19.5. The number of piperidine rings is 1. The molecule has 1 aromatic heterocycles. The minimum absolute atomic E-state index is 0.0124. The van der Waals surface area contributed by atoms with Crippen molar-refractivity contribution in [2.45, 2.75) is 19.3 Å². The summed E-state index contributed by atoms with van der Waals surface area (Å²) in [7, 11) is 0. The maximum atomic E-state index is 12.5. The third-order valence-corrected chi connectivity index (χ3v) is 4.88. The van der Waals surface area contributed by atoms with Gasteiger partial charge >= 0.3 is 0 Å². The predicted molar refractivity (Wildman–Crippen MR) is 103 cm³/mol. The SMILES string of the molecule is O=C(NCCc1ccccn1)C1CCN(C(=O)c2ccc([N+](=O)[O-])cc2)CC1. The number of carbonyl (C=O) groups is 2. The Balaban J connectivity index is 1.45. The van der Waals surface area contributed by atoms with Crippen molar-refractivity contribution in [3.63, 3.8) is 0 Å². The molecule has 0 atom stereocenters. The second kappa shape index (κ2) is 9.07. The number of non-ortho nitro benzene ring substituents is 1. The van der Waals surface area contributed by atoms with Gasteiger partial charge in [-0.1, -0.05) is 6.07 Å². The summed E-state index contributed by atoms with van der Waals surface area (Å²) >= 11 is 0. The Morgan fingerprint density at radius 3 is 2.46 bits per heavy atom. The first-order chi connectivity index (χ1) is 13.5. The minimum Gasteiger partial charge on any atom is -0.355 e. The van der Waals surface area contributed by atoms with Gasteiger partial charge in [-0.2, -0.15) is 0 Å². The molecule has 0 saturated carbocycles. The Morgan fingerprint density at radius 1 is 1.14 bits per heavy atom. The van der Waals surface area contributed by atoms with Crippen molar-refractivity contribution < 1.29 is 14.5 Å². The van der Waals surface area contributed by atoms with E-state index in [1.54, 1.807) is 11.1 Å². The molecule has 0 unspecified atom stereocenters. The van der Waals surface area contributed by atoms with Crippen LogP contribution in [0.1, 0.15) is 28.9 Å². The molecule has 8 heteroatoms. The minimum atomic E-state index is -0.494. The van der Waals surface area contributed by atoms with Crippen LogP contribution in [0.15, 0.2) is 48.7 Å². The van der Waals surface area contributed by atoms with Gasteiger partial charge in [0.2, 0.25) is 5.91 Å². The zero-order valence-electron chi connectivity index (χ0n) is 15.4. The van der Waals surface area contributed by atoms with Crippen molar-refractivity contribution in [1.82, 2.24) is 15.2 Å². The number of nitro benzene ring substituents is 1. The summed E-state index contributed by atoms with van der Waals surface area (Å²) in [5.74, 6) is -0.257. The van der Waals surface area contributed by atoms with Gasteiger partial charge in [-0.25, -0.2) is 0 Å². The third-order valence-electron chi connectivity index (χ3n) is 4.88. The summed E-state index contributed by atoms with van der Waals surface area (Å²) < 4.78 is 0. The molecule has 28 heavy (non-hydrogen) atoms. The van der Waals surface area contributed by atoms with Crippen LogP contribution in [0.2, 0.25) is 0 Å². The van der Waals surface area contributed by atoms with Crippen molar-refractivity contribution >= 4 is 17.5 Å². The number of hydrogen-bond acceptors (Lipinski definition) is 5. The van der Waals surface area contributed by atoms with Gasteiger partial charge < -0.3 is 10.2 Å². The highest BCUT2D eigenvalue weighted by Crippen LogP contribution is 2.20. The molecule has 1 aliphatic rings. The average Bonchev–Trinajstić information content (AvgIpc) is 2.74. The summed E-state index contributed by atoms with van der Waals surface area (Å²) in [6.07, 6.45) is 3.63. The number of nitrogens with zero attached hydrogens (tertiary/aromatic N) is 3. The second-order valence-corrected chi connectivity index (χ2v) is 6.73. The second-order valence-electron chi connectivity index (χ2n) is 6.73. The Labute approximate surface area is 162 Å². The van der Waals surface area contributed by atoms with Crippen LogP contribution < -0.4 is 5.32 Å². The molecule has 0 aliphatic carbocycles. The summed E-state index contributed by atoms with van der Waals surface area (Å²) in [5.41, 5.74) is 1.31. The van der Waals surface area contributed by atoms with E-state index in [4.69, 9.17) is 0 Å². The fourth-order valence-electron chi connectivity index (χ4n) is 3.26. The summed E-state index contributed by atoms with van der Waals surface area (Å²) in [6.45, 7) is 1.53. The van der Waals surface area contributed by atoms with Gasteiger partial charge in [0.15, 0.2) is 0 Å². The van der Waals surface area contributed by atoms with Crippen molar-refractivity contribution in [2.75, 3.05) is 19.6 Å². The van der Waals surface area contributed by atoms with E-state index < -0.39 is 4.92 Å². The molecule has 1 aromatic carbocycles. The van der Waals surface area contributed by atoms with Crippen LogP contribution in [-0.4, -0.2) is 46.3 Å². The van der Waals surface area contributed by atoms with E-state index in [0.29, 0.717) is 44.5 Å². The number of likely N-dealkylation sites (tertiary alicyclic amines) is 1. The summed E-state index contributed by atoms with van der Waals surface area (Å²) in [4.78, 5) is 41.0.